The summed E-state index contributed by atoms with van der Waals surface area (Å²) in [6.07, 6.45) is 0. The molecule has 1 heterocycles. The second-order valence-corrected chi connectivity index (χ2v) is 5.46. The van der Waals surface area contributed by atoms with Crippen LogP contribution in [0.4, 0.5) is 0 Å². The van der Waals surface area contributed by atoms with Crippen molar-refractivity contribution in [2.24, 2.45) is 0 Å². The number of esters is 1. The fourth-order valence-electron chi connectivity index (χ4n) is 2.28. The number of carbonyl (C=O) groups excluding carboxylic acids is 3. The molecule has 0 unspecified atom stereocenters. The number of methoxy groups -OCH3 is 1. The van der Waals surface area contributed by atoms with Crippen molar-refractivity contribution in [2.75, 3.05) is 33.5 Å². The zero-order chi connectivity index (χ0) is 19.1. The van der Waals surface area contributed by atoms with Crippen molar-refractivity contribution in [3.63, 3.8) is 0 Å². The molecule has 142 valence electrons. The summed E-state index contributed by atoms with van der Waals surface area (Å²) in [7, 11) is 1.44. The number of carbonyl (C=O) groups is 3. The van der Waals surface area contributed by atoms with Crippen LogP contribution in [0.25, 0.3) is 0 Å². The van der Waals surface area contributed by atoms with E-state index in [1.807, 2.05) is 0 Å². The quantitative estimate of drug-likeness (QED) is 0.666. The van der Waals surface area contributed by atoms with Gasteiger partial charge in [0.25, 0.3) is 5.91 Å². The summed E-state index contributed by atoms with van der Waals surface area (Å²) in [6.45, 7) is 4.00. The van der Waals surface area contributed by atoms with Gasteiger partial charge in [0.2, 0.25) is 11.7 Å². The number of fused-ring (bicyclic) bond motifs is 1. The summed E-state index contributed by atoms with van der Waals surface area (Å²) in [6, 6.07) is 2.19. The molecule has 0 aliphatic carbocycles. The van der Waals surface area contributed by atoms with Crippen molar-refractivity contribution in [1.29, 1.82) is 0 Å². The maximum absolute atomic E-state index is 12.2. The lowest BCUT2D eigenvalue weighted by Gasteiger charge is -2.21. The van der Waals surface area contributed by atoms with Crippen LogP contribution in [0, 0.1) is 0 Å². The molecule has 0 spiro atoms. The van der Waals surface area contributed by atoms with Gasteiger partial charge in [0.15, 0.2) is 18.1 Å². The molecule has 1 aliphatic heterocycles. The monoisotopic (exact) mass is 366 g/mol. The number of hydrogen-bond acceptors (Lipinski definition) is 7. The summed E-state index contributed by atoms with van der Waals surface area (Å²) in [5.74, 6) is -0.490. The molecule has 9 nitrogen and oxygen atoms in total. The van der Waals surface area contributed by atoms with E-state index in [1.54, 1.807) is 6.92 Å². The molecule has 0 aromatic heterocycles. The fourth-order valence-corrected chi connectivity index (χ4v) is 2.28. The molecule has 0 radical (unpaired) electrons. The van der Waals surface area contributed by atoms with E-state index >= 15 is 0 Å². The first kappa shape index (κ1) is 19.4. The Hall–Kier alpha value is -2.97. The molecule has 1 aliphatic rings. The minimum atomic E-state index is -0.726. The number of ether oxygens (including phenoxy) is 4. The predicted octanol–water partition coefficient (Wildman–Crippen LogP) is 0.264. The van der Waals surface area contributed by atoms with Gasteiger partial charge in [0.05, 0.1) is 12.7 Å². The van der Waals surface area contributed by atoms with Gasteiger partial charge in [-0.3, -0.25) is 9.59 Å². The van der Waals surface area contributed by atoms with Gasteiger partial charge in [-0.15, -0.1) is 0 Å². The molecule has 0 bridgehead atoms. The van der Waals surface area contributed by atoms with Crippen molar-refractivity contribution >= 4 is 17.8 Å². The highest BCUT2D eigenvalue weighted by Gasteiger charge is 2.22. The van der Waals surface area contributed by atoms with Crippen LogP contribution in [0.15, 0.2) is 12.1 Å². The van der Waals surface area contributed by atoms with Crippen LogP contribution in [0.2, 0.25) is 0 Å². The smallest absolute Gasteiger partial charge is 0.338 e. The maximum Gasteiger partial charge on any atom is 0.338 e. The SMILES string of the molecule is CCNC(=O)[C@H](C)NC(=O)COC(=O)c1cc(OC)c2c(c1)OCCO2. The van der Waals surface area contributed by atoms with Gasteiger partial charge in [-0.1, -0.05) is 0 Å². The van der Waals surface area contributed by atoms with Gasteiger partial charge in [-0.2, -0.15) is 0 Å². The minimum Gasteiger partial charge on any atom is -0.493 e. The summed E-state index contributed by atoms with van der Waals surface area (Å²) in [5, 5.41) is 5.03. The molecule has 0 saturated carbocycles. The van der Waals surface area contributed by atoms with E-state index < -0.39 is 24.5 Å². The molecule has 2 amide bonds. The van der Waals surface area contributed by atoms with Crippen molar-refractivity contribution in [3.8, 4) is 17.2 Å². The standard InChI is InChI=1S/C17H22N2O7/c1-4-18-16(21)10(2)19-14(20)9-26-17(22)11-7-12(23-3)15-13(8-11)24-5-6-25-15/h7-8,10H,4-6,9H2,1-3H3,(H,18,21)(H,19,20)/t10-/m0/s1. The zero-order valence-corrected chi connectivity index (χ0v) is 14.9. The molecule has 26 heavy (non-hydrogen) atoms. The number of amides is 2. The van der Waals surface area contributed by atoms with Gasteiger partial charge in [0, 0.05) is 6.54 Å². The lowest BCUT2D eigenvalue weighted by atomic mass is 10.1. The normalized spacial score (nSPS) is 13.3. The number of likely N-dealkylation sites (N-methyl/N-ethyl adjacent to an activating group) is 1. The molecule has 1 atom stereocenters. The second-order valence-electron chi connectivity index (χ2n) is 5.46. The summed E-state index contributed by atoms with van der Waals surface area (Å²) in [4.78, 5) is 35.6. The predicted molar refractivity (Wildman–Crippen MR) is 90.6 cm³/mol. The van der Waals surface area contributed by atoms with E-state index in [1.165, 1.54) is 26.2 Å². The summed E-state index contributed by atoms with van der Waals surface area (Å²) < 4.78 is 21.1. The van der Waals surface area contributed by atoms with Crippen LogP contribution in [0.5, 0.6) is 17.2 Å². The van der Waals surface area contributed by atoms with Gasteiger partial charge in [-0.25, -0.2) is 4.79 Å². The summed E-state index contributed by atoms with van der Waals surface area (Å²) in [5.41, 5.74) is 0.163. The first-order valence-electron chi connectivity index (χ1n) is 8.18. The largest absolute Gasteiger partial charge is 0.493 e. The first-order valence-corrected chi connectivity index (χ1v) is 8.18. The number of hydrogen-bond donors (Lipinski definition) is 2. The van der Waals surface area contributed by atoms with Gasteiger partial charge in [-0.05, 0) is 26.0 Å². The van der Waals surface area contributed by atoms with Crippen molar-refractivity contribution < 1.29 is 33.3 Å². The molecule has 9 heteroatoms. The van der Waals surface area contributed by atoms with E-state index in [-0.39, 0.29) is 11.5 Å². The summed E-state index contributed by atoms with van der Waals surface area (Å²) >= 11 is 0. The first-order chi connectivity index (χ1) is 12.5. The van der Waals surface area contributed by atoms with Crippen molar-refractivity contribution in [2.45, 2.75) is 19.9 Å². The van der Waals surface area contributed by atoms with Crippen LogP contribution >= 0.6 is 0 Å². The van der Waals surface area contributed by atoms with Crippen LogP contribution in [-0.4, -0.2) is 57.3 Å². The average molecular weight is 366 g/mol. The Kier molecular flexibility index (Phi) is 6.65. The molecular formula is C17H22N2O7. The Morgan fingerprint density at radius 3 is 2.65 bits per heavy atom. The number of nitrogens with one attached hydrogen (secondary N) is 2. The molecule has 1 aromatic carbocycles. The number of rotatable bonds is 7. The number of benzene rings is 1. The average Bonchev–Trinajstić information content (AvgIpc) is 2.65. The lowest BCUT2D eigenvalue weighted by Crippen LogP contribution is -2.46. The highest BCUT2D eigenvalue weighted by atomic mass is 16.6. The van der Waals surface area contributed by atoms with Crippen molar-refractivity contribution in [1.82, 2.24) is 10.6 Å². The molecule has 2 N–H and O–H groups in total. The highest BCUT2D eigenvalue weighted by molar-refractivity contribution is 5.93. The minimum absolute atomic E-state index is 0.163. The molecule has 0 saturated heterocycles. The van der Waals surface area contributed by atoms with Crippen molar-refractivity contribution in [3.05, 3.63) is 17.7 Å². The Morgan fingerprint density at radius 2 is 1.96 bits per heavy atom. The Balaban J connectivity index is 1.95. The third-order valence-corrected chi connectivity index (χ3v) is 3.52. The van der Waals surface area contributed by atoms with Crippen LogP contribution in [0.1, 0.15) is 24.2 Å². The van der Waals surface area contributed by atoms with E-state index in [4.69, 9.17) is 18.9 Å². The van der Waals surface area contributed by atoms with E-state index in [9.17, 15) is 14.4 Å². The molecule has 1 aromatic rings. The van der Waals surface area contributed by atoms with E-state index in [0.717, 1.165) is 0 Å². The third kappa shape index (κ3) is 4.78. The van der Waals surface area contributed by atoms with Gasteiger partial charge < -0.3 is 29.6 Å². The zero-order valence-electron chi connectivity index (χ0n) is 14.9. The van der Waals surface area contributed by atoms with Crippen LogP contribution < -0.4 is 24.8 Å². The molecule has 2 rings (SSSR count). The fraction of sp³-hybridized carbons (Fsp3) is 0.471. The third-order valence-electron chi connectivity index (χ3n) is 3.52. The van der Waals surface area contributed by atoms with E-state index in [2.05, 4.69) is 10.6 Å². The van der Waals surface area contributed by atoms with Crippen LogP contribution in [0.3, 0.4) is 0 Å². The van der Waals surface area contributed by atoms with E-state index in [0.29, 0.717) is 37.0 Å². The van der Waals surface area contributed by atoms with Gasteiger partial charge >= 0.3 is 5.97 Å². The Labute approximate surface area is 150 Å². The van der Waals surface area contributed by atoms with Crippen LogP contribution in [-0.2, 0) is 14.3 Å². The topological polar surface area (TPSA) is 112 Å². The Bertz CT molecular complexity index is 673. The molecule has 0 fully saturated rings. The van der Waals surface area contributed by atoms with Gasteiger partial charge in [0.1, 0.15) is 19.3 Å². The second kappa shape index (κ2) is 8.93. The molecular weight excluding hydrogens is 344 g/mol. The highest BCUT2D eigenvalue weighted by Crippen LogP contribution is 2.40. The maximum atomic E-state index is 12.2. The Morgan fingerprint density at radius 1 is 1.23 bits per heavy atom. The lowest BCUT2D eigenvalue weighted by molar-refractivity contribution is -0.130.